The molecule has 1 atom stereocenters. The van der Waals surface area contributed by atoms with E-state index in [0.717, 1.165) is 67.8 Å². The van der Waals surface area contributed by atoms with Crippen LogP contribution in [0.4, 0.5) is 5.13 Å². The minimum absolute atomic E-state index is 0.206. The molecule has 0 bridgehead atoms. The molecular formula is C21H28N4O2S2. The number of carbonyl (C=O) groups is 1. The van der Waals surface area contributed by atoms with Crippen LogP contribution in [0.5, 0.6) is 0 Å². The number of anilines is 1. The Hall–Kier alpha value is -1.64. The maximum atomic E-state index is 12.6. The summed E-state index contributed by atoms with van der Waals surface area (Å²) in [6.07, 6.45) is 5.80. The highest BCUT2D eigenvalue weighted by Gasteiger charge is 2.23. The van der Waals surface area contributed by atoms with E-state index in [4.69, 9.17) is 4.74 Å². The molecule has 6 nitrogen and oxygen atoms in total. The highest BCUT2D eigenvalue weighted by Crippen LogP contribution is 2.27. The average Bonchev–Trinajstić information content (AvgIpc) is 3.44. The van der Waals surface area contributed by atoms with Gasteiger partial charge in [-0.05, 0) is 43.6 Å². The van der Waals surface area contributed by atoms with Crippen LogP contribution in [0.2, 0.25) is 0 Å². The summed E-state index contributed by atoms with van der Waals surface area (Å²) in [5.74, 6) is 1.32. The Balaban J connectivity index is 1.16. The van der Waals surface area contributed by atoms with E-state index in [1.165, 1.54) is 28.7 Å². The molecule has 2 saturated heterocycles. The van der Waals surface area contributed by atoms with E-state index in [-0.39, 0.29) is 12.0 Å². The van der Waals surface area contributed by atoms with Crippen LogP contribution in [0.3, 0.4) is 0 Å². The van der Waals surface area contributed by atoms with Crippen molar-refractivity contribution < 1.29 is 9.53 Å². The minimum atomic E-state index is 0.206. The fraction of sp³-hybridized carbons (Fsp3) is 0.571. The Bertz CT molecular complexity index is 772. The molecule has 0 spiro atoms. The number of hydrogen-bond acceptors (Lipinski definition) is 7. The zero-order valence-electron chi connectivity index (χ0n) is 16.6. The predicted octanol–water partition coefficient (Wildman–Crippen LogP) is 3.70. The van der Waals surface area contributed by atoms with E-state index < -0.39 is 0 Å². The first-order valence-electron chi connectivity index (χ1n) is 10.4. The topological polar surface area (TPSA) is 67.3 Å². The van der Waals surface area contributed by atoms with E-state index in [1.54, 1.807) is 0 Å². The van der Waals surface area contributed by atoms with Gasteiger partial charge < -0.3 is 15.0 Å². The highest BCUT2D eigenvalue weighted by molar-refractivity contribution is 8.01. The van der Waals surface area contributed by atoms with E-state index in [1.807, 2.05) is 4.90 Å². The number of hydrogen-bond donors (Lipinski definition) is 1. The lowest BCUT2D eigenvalue weighted by Gasteiger charge is -2.32. The molecule has 0 unspecified atom stereocenters. The summed E-state index contributed by atoms with van der Waals surface area (Å²) in [4.78, 5) is 14.6. The third-order valence-electron chi connectivity index (χ3n) is 5.56. The maximum Gasteiger partial charge on any atom is 0.233 e. The number of piperidine rings is 1. The summed E-state index contributed by atoms with van der Waals surface area (Å²) in [5.41, 5.74) is 1.40. The van der Waals surface area contributed by atoms with Gasteiger partial charge in [0, 0.05) is 26.2 Å². The molecule has 0 radical (unpaired) electrons. The third-order valence-corrected chi connectivity index (χ3v) is 7.56. The molecular weight excluding hydrogens is 404 g/mol. The third kappa shape index (κ3) is 6.17. The molecule has 0 saturated carbocycles. The van der Waals surface area contributed by atoms with Crippen molar-refractivity contribution in [2.45, 2.75) is 42.5 Å². The number of ether oxygens (including phenoxy) is 1. The summed E-state index contributed by atoms with van der Waals surface area (Å²) in [6.45, 7) is 3.35. The smallest absolute Gasteiger partial charge is 0.233 e. The van der Waals surface area contributed by atoms with Gasteiger partial charge in [-0.2, -0.15) is 0 Å². The normalized spacial score (nSPS) is 20.1. The SMILES string of the molecule is O=C(CSc1nnc(NC[C@H]2CCCO2)s1)N1CCC(Cc2ccccc2)CC1. The summed E-state index contributed by atoms with van der Waals surface area (Å²) < 4.78 is 6.45. The van der Waals surface area contributed by atoms with Crippen LogP contribution in [-0.4, -0.2) is 59.1 Å². The first-order valence-corrected chi connectivity index (χ1v) is 12.2. The fourth-order valence-electron chi connectivity index (χ4n) is 3.89. The van der Waals surface area contributed by atoms with Gasteiger partial charge in [-0.3, -0.25) is 4.79 Å². The molecule has 29 heavy (non-hydrogen) atoms. The second-order valence-corrected chi connectivity index (χ2v) is 9.89. The van der Waals surface area contributed by atoms with Crippen molar-refractivity contribution in [2.75, 3.05) is 37.3 Å². The monoisotopic (exact) mass is 432 g/mol. The number of carbonyl (C=O) groups excluding carboxylic acids is 1. The van der Waals surface area contributed by atoms with E-state index in [2.05, 4.69) is 45.8 Å². The molecule has 8 heteroatoms. The Morgan fingerprint density at radius 1 is 1.21 bits per heavy atom. The Kier molecular flexibility index (Phi) is 7.40. The zero-order chi connectivity index (χ0) is 19.9. The molecule has 156 valence electrons. The van der Waals surface area contributed by atoms with Crippen molar-refractivity contribution in [2.24, 2.45) is 5.92 Å². The van der Waals surface area contributed by atoms with Gasteiger partial charge in [-0.1, -0.05) is 53.4 Å². The minimum Gasteiger partial charge on any atom is -0.376 e. The van der Waals surface area contributed by atoms with Gasteiger partial charge in [0.15, 0.2) is 4.34 Å². The number of rotatable bonds is 8. The first-order chi connectivity index (χ1) is 14.3. The predicted molar refractivity (Wildman–Crippen MR) is 118 cm³/mol. The van der Waals surface area contributed by atoms with Gasteiger partial charge in [0.2, 0.25) is 11.0 Å². The maximum absolute atomic E-state index is 12.6. The van der Waals surface area contributed by atoms with Crippen molar-refractivity contribution in [3.8, 4) is 0 Å². The lowest BCUT2D eigenvalue weighted by atomic mass is 9.90. The van der Waals surface area contributed by atoms with Crippen LogP contribution in [0.25, 0.3) is 0 Å². The lowest BCUT2D eigenvalue weighted by Crippen LogP contribution is -2.39. The Morgan fingerprint density at radius 3 is 2.79 bits per heavy atom. The Morgan fingerprint density at radius 2 is 2.03 bits per heavy atom. The zero-order valence-corrected chi connectivity index (χ0v) is 18.2. The number of thioether (sulfide) groups is 1. The van der Waals surface area contributed by atoms with Crippen LogP contribution in [0.15, 0.2) is 34.7 Å². The van der Waals surface area contributed by atoms with Gasteiger partial charge in [0.25, 0.3) is 0 Å². The van der Waals surface area contributed by atoms with Crippen molar-refractivity contribution in [3.63, 3.8) is 0 Å². The second-order valence-electron chi connectivity index (χ2n) is 7.69. The number of nitrogens with one attached hydrogen (secondary N) is 1. The average molecular weight is 433 g/mol. The standard InChI is InChI=1S/C21H28N4O2S2/c26-19(25-10-8-17(9-11-25)13-16-5-2-1-3-6-16)15-28-21-24-23-20(29-21)22-14-18-7-4-12-27-18/h1-3,5-6,17-18H,4,7-15H2,(H,22,23)/t18-/m1/s1. The van der Waals surface area contributed by atoms with Gasteiger partial charge in [0.1, 0.15) is 0 Å². The van der Waals surface area contributed by atoms with Crippen molar-refractivity contribution in [1.82, 2.24) is 15.1 Å². The van der Waals surface area contributed by atoms with E-state index in [0.29, 0.717) is 11.7 Å². The number of amides is 1. The molecule has 0 aliphatic carbocycles. The number of likely N-dealkylation sites (tertiary alicyclic amines) is 1. The van der Waals surface area contributed by atoms with Crippen molar-refractivity contribution >= 4 is 34.1 Å². The Labute approximate surface area is 180 Å². The van der Waals surface area contributed by atoms with Crippen molar-refractivity contribution in [3.05, 3.63) is 35.9 Å². The molecule has 2 aliphatic heterocycles. The van der Waals surface area contributed by atoms with E-state index in [9.17, 15) is 4.79 Å². The van der Waals surface area contributed by atoms with Crippen molar-refractivity contribution in [1.29, 1.82) is 0 Å². The molecule has 2 aromatic rings. The van der Waals surface area contributed by atoms with Crippen LogP contribution < -0.4 is 5.32 Å². The summed E-state index contributed by atoms with van der Waals surface area (Å²) in [5, 5.41) is 12.5. The molecule has 2 fully saturated rings. The molecule has 1 N–H and O–H groups in total. The fourth-order valence-corrected chi connectivity index (χ4v) is 5.56. The molecule has 1 aromatic heterocycles. The van der Waals surface area contributed by atoms with E-state index >= 15 is 0 Å². The first kappa shape index (κ1) is 20.6. The largest absolute Gasteiger partial charge is 0.376 e. The van der Waals surface area contributed by atoms with Crippen LogP contribution >= 0.6 is 23.1 Å². The van der Waals surface area contributed by atoms with Gasteiger partial charge >= 0.3 is 0 Å². The van der Waals surface area contributed by atoms with Gasteiger partial charge in [-0.15, -0.1) is 10.2 Å². The number of benzene rings is 1. The molecule has 1 aromatic carbocycles. The van der Waals surface area contributed by atoms with Gasteiger partial charge in [0.05, 0.1) is 11.9 Å². The lowest BCUT2D eigenvalue weighted by molar-refractivity contribution is -0.129. The van der Waals surface area contributed by atoms with Crippen LogP contribution in [0, 0.1) is 5.92 Å². The van der Waals surface area contributed by atoms with Gasteiger partial charge in [-0.25, -0.2) is 0 Å². The number of nitrogens with zero attached hydrogens (tertiary/aromatic N) is 3. The highest BCUT2D eigenvalue weighted by atomic mass is 32.2. The second kappa shape index (κ2) is 10.4. The quantitative estimate of drug-likeness (QED) is 0.642. The molecule has 3 heterocycles. The van der Waals surface area contributed by atoms with Crippen LogP contribution in [0.1, 0.15) is 31.2 Å². The number of aromatic nitrogens is 2. The molecule has 4 rings (SSSR count). The van der Waals surface area contributed by atoms with Crippen LogP contribution in [-0.2, 0) is 16.0 Å². The summed E-state index contributed by atoms with van der Waals surface area (Å²) >= 11 is 3.00. The summed E-state index contributed by atoms with van der Waals surface area (Å²) in [6, 6.07) is 10.6. The molecule has 1 amide bonds. The molecule has 2 aliphatic rings. The summed E-state index contributed by atoms with van der Waals surface area (Å²) in [7, 11) is 0.